The molecule has 0 aromatic carbocycles. The van der Waals surface area contributed by atoms with Crippen molar-refractivity contribution in [1.82, 2.24) is 0 Å². The van der Waals surface area contributed by atoms with Crippen molar-refractivity contribution in [2.75, 3.05) is 13.2 Å². The van der Waals surface area contributed by atoms with Gasteiger partial charge in [0.25, 0.3) is 0 Å². The number of rotatable bonds is 27. The lowest BCUT2D eigenvalue weighted by Gasteiger charge is -2.26. The molecular weight excluding hydrogens is 586 g/mol. The molecule has 0 bridgehead atoms. The molecule has 0 saturated heterocycles. The van der Waals surface area contributed by atoms with Crippen molar-refractivity contribution < 1.29 is 24.3 Å². The lowest BCUT2D eigenvalue weighted by atomic mass is 9.78. The Morgan fingerprint density at radius 3 is 1.23 bits per heavy atom. The van der Waals surface area contributed by atoms with Gasteiger partial charge in [0.2, 0.25) is 0 Å². The molecule has 0 aliphatic heterocycles. The second kappa shape index (κ2) is 36.7. The molecule has 0 amide bonds. The number of esters is 2. The molecular formula is C41H79NO5. The maximum atomic E-state index is 10.5. The number of hydrogen-bond acceptors (Lipinski definition) is 6. The Balaban J connectivity index is -0.000000618. The number of ether oxygens (including phenoxy) is 2. The maximum absolute atomic E-state index is 10.5. The molecule has 0 spiro atoms. The van der Waals surface area contributed by atoms with Gasteiger partial charge in [-0.05, 0) is 32.1 Å². The average Bonchev–Trinajstić information content (AvgIpc) is 3.01. The number of oxime groups is 1. The van der Waals surface area contributed by atoms with E-state index in [9.17, 15) is 9.59 Å². The van der Waals surface area contributed by atoms with Crippen LogP contribution in [-0.4, -0.2) is 36.1 Å². The molecule has 0 radical (unpaired) electrons. The molecule has 47 heavy (non-hydrogen) atoms. The Labute approximate surface area is 292 Å². The number of carbonyl (C=O) groups is 2. The van der Waals surface area contributed by atoms with Crippen LogP contribution in [0.25, 0.3) is 0 Å². The number of nitrogens with zero attached hydrogens (tertiary/aromatic N) is 1. The van der Waals surface area contributed by atoms with Gasteiger partial charge in [0.15, 0.2) is 0 Å². The standard InChI is InChI=1S/2C14H28O2.C13H23NO/c2*1-3-4-5-6-7-8-9-10-11-12-13-16-14(2)15;1-7-11(4)8-9-13(5,6)12(14-15)10(2)3/h2*3-13H2,1-2H3;7-8,10,15H,1,9H2,2-6H3/b;;11-8+,14-12+. The number of allylic oxidation sites excluding steroid dienone is 3. The van der Waals surface area contributed by atoms with Crippen LogP contribution in [0.5, 0.6) is 0 Å². The highest BCUT2D eigenvalue weighted by Crippen LogP contribution is 2.28. The van der Waals surface area contributed by atoms with E-state index in [4.69, 9.17) is 14.7 Å². The SMILES string of the molecule is C=C/C(C)=C/CC(C)(C)/C(=N/O)C(C)C.CCCCCCCCCCCCOC(C)=O.CCCCCCCCCCCCOC(C)=O. The Morgan fingerprint density at radius 2 is 0.979 bits per heavy atom. The minimum Gasteiger partial charge on any atom is -0.466 e. The fraction of sp³-hybridized carbons (Fsp3) is 0.829. The van der Waals surface area contributed by atoms with E-state index in [1.165, 1.54) is 129 Å². The zero-order valence-corrected chi connectivity index (χ0v) is 32.7. The van der Waals surface area contributed by atoms with Crippen LogP contribution in [0, 0.1) is 11.3 Å². The molecule has 1 N–H and O–H groups in total. The molecule has 278 valence electrons. The number of unbranched alkanes of at least 4 members (excludes halogenated alkanes) is 18. The third-order valence-electron chi connectivity index (χ3n) is 8.21. The normalized spacial score (nSPS) is 11.7. The minimum absolute atomic E-state index is 0.104. The summed E-state index contributed by atoms with van der Waals surface area (Å²) in [6.07, 6.45) is 31.1. The summed E-state index contributed by atoms with van der Waals surface area (Å²) in [7, 11) is 0. The summed E-state index contributed by atoms with van der Waals surface area (Å²) in [5.41, 5.74) is 1.90. The molecule has 0 fully saturated rings. The minimum atomic E-state index is -0.157. The Morgan fingerprint density at radius 1 is 0.660 bits per heavy atom. The van der Waals surface area contributed by atoms with E-state index in [1.54, 1.807) is 0 Å². The molecule has 0 aliphatic rings. The summed E-state index contributed by atoms with van der Waals surface area (Å²) >= 11 is 0. The van der Waals surface area contributed by atoms with Crippen molar-refractivity contribution in [3.63, 3.8) is 0 Å². The van der Waals surface area contributed by atoms with Crippen LogP contribution < -0.4 is 0 Å². The second-order valence-electron chi connectivity index (χ2n) is 13.9. The molecule has 0 aromatic heterocycles. The van der Waals surface area contributed by atoms with Gasteiger partial charge in [0.1, 0.15) is 0 Å². The van der Waals surface area contributed by atoms with Crippen LogP contribution >= 0.6 is 0 Å². The van der Waals surface area contributed by atoms with Crippen molar-refractivity contribution in [3.8, 4) is 0 Å². The largest absolute Gasteiger partial charge is 0.466 e. The van der Waals surface area contributed by atoms with Gasteiger partial charge in [0.05, 0.1) is 18.9 Å². The van der Waals surface area contributed by atoms with Crippen molar-refractivity contribution >= 4 is 17.7 Å². The molecule has 0 heterocycles. The highest BCUT2D eigenvalue weighted by atomic mass is 16.5. The van der Waals surface area contributed by atoms with Crippen molar-refractivity contribution in [2.24, 2.45) is 16.5 Å². The topological polar surface area (TPSA) is 85.2 Å². The van der Waals surface area contributed by atoms with E-state index in [1.807, 2.05) is 26.8 Å². The summed E-state index contributed by atoms with van der Waals surface area (Å²) in [5.74, 6) is -0.0470. The highest BCUT2D eigenvalue weighted by Gasteiger charge is 2.26. The highest BCUT2D eigenvalue weighted by molar-refractivity contribution is 5.90. The molecule has 0 atom stereocenters. The quantitative estimate of drug-likeness (QED) is 0.0236. The average molecular weight is 666 g/mol. The van der Waals surface area contributed by atoms with E-state index in [0.717, 1.165) is 30.5 Å². The van der Waals surface area contributed by atoms with Gasteiger partial charge in [-0.3, -0.25) is 9.59 Å². The van der Waals surface area contributed by atoms with Gasteiger partial charge < -0.3 is 14.7 Å². The third-order valence-corrected chi connectivity index (χ3v) is 8.21. The summed E-state index contributed by atoms with van der Waals surface area (Å²) < 4.78 is 9.75. The van der Waals surface area contributed by atoms with Crippen molar-refractivity contribution in [1.29, 1.82) is 0 Å². The van der Waals surface area contributed by atoms with Gasteiger partial charge in [-0.15, -0.1) is 0 Å². The molecule has 0 aliphatic carbocycles. The van der Waals surface area contributed by atoms with Gasteiger partial charge in [-0.2, -0.15) is 0 Å². The van der Waals surface area contributed by atoms with E-state index in [0.29, 0.717) is 13.2 Å². The van der Waals surface area contributed by atoms with Gasteiger partial charge >= 0.3 is 11.9 Å². The zero-order chi connectivity index (χ0) is 36.2. The summed E-state index contributed by atoms with van der Waals surface area (Å²) in [5, 5.41) is 12.4. The van der Waals surface area contributed by atoms with Crippen LogP contribution in [0.1, 0.15) is 197 Å². The molecule has 6 nitrogen and oxygen atoms in total. The van der Waals surface area contributed by atoms with E-state index in [2.05, 4.69) is 45.5 Å². The lowest BCUT2D eigenvalue weighted by Crippen LogP contribution is -2.28. The fourth-order valence-electron chi connectivity index (χ4n) is 5.25. The van der Waals surface area contributed by atoms with Crippen LogP contribution in [0.2, 0.25) is 0 Å². The summed E-state index contributed by atoms with van der Waals surface area (Å²) in [6, 6.07) is 0. The Bertz CT molecular complexity index is 749. The zero-order valence-electron chi connectivity index (χ0n) is 32.7. The molecule has 0 unspecified atom stereocenters. The van der Waals surface area contributed by atoms with Crippen LogP contribution in [0.4, 0.5) is 0 Å². The summed E-state index contributed by atoms with van der Waals surface area (Å²) in [6.45, 7) is 22.7. The summed E-state index contributed by atoms with van der Waals surface area (Å²) in [4.78, 5) is 21.0. The van der Waals surface area contributed by atoms with Gasteiger partial charge in [0, 0.05) is 19.3 Å². The van der Waals surface area contributed by atoms with E-state index in [-0.39, 0.29) is 23.3 Å². The molecule has 0 saturated carbocycles. The van der Waals surface area contributed by atoms with Gasteiger partial charge in [-0.25, -0.2) is 0 Å². The second-order valence-corrected chi connectivity index (χ2v) is 13.9. The van der Waals surface area contributed by atoms with Crippen LogP contribution in [0.15, 0.2) is 29.5 Å². The van der Waals surface area contributed by atoms with Gasteiger partial charge in [-0.1, -0.05) is 187 Å². The molecule has 0 aromatic rings. The lowest BCUT2D eigenvalue weighted by molar-refractivity contribution is -0.142. The Kier molecular flexibility index (Phi) is 38.5. The molecule has 0 rings (SSSR count). The predicted octanol–water partition coefficient (Wildman–Crippen LogP) is 13.0. The first kappa shape index (κ1) is 49.3. The van der Waals surface area contributed by atoms with E-state index < -0.39 is 0 Å². The van der Waals surface area contributed by atoms with Crippen LogP contribution in [0.3, 0.4) is 0 Å². The van der Waals surface area contributed by atoms with Crippen LogP contribution in [-0.2, 0) is 19.1 Å². The smallest absolute Gasteiger partial charge is 0.302 e. The van der Waals surface area contributed by atoms with Crippen molar-refractivity contribution in [3.05, 3.63) is 24.3 Å². The maximum Gasteiger partial charge on any atom is 0.302 e. The molecule has 6 heteroatoms. The first-order valence-electron chi connectivity index (χ1n) is 19.2. The number of carbonyl (C=O) groups excluding carboxylic acids is 2. The third kappa shape index (κ3) is 40.0. The Hall–Kier alpha value is -2.11. The first-order chi connectivity index (χ1) is 22.4. The van der Waals surface area contributed by atoms with Crippen molar-refractivity contribution in [2.45, 2.75) is 197 Å². The monoisotopic (exact) mass is 666 g/mol. The van der Waals surface area contributed by atoms with E-state index >= 15 is 0 Å². The fourth-order valence-corrected chi connectivity index (χ4v) is 5.25. The first-order valence-corrected chi connectivity index (χ1v) is 19.2. The number of hydrogen-bond donors (Lipinski definition) is 1. The predicted molar refractivity (Wildman–Crippen MR) is 203 cm³/mol.